The van der Waals surface area contributed by atoms with Crippen molar-refractivity contribution in [1.29, 1.82) is 0 Å². The third-order valence-corrected chi connectivity index (χ3v) is 3.74. The Balaban J connectivity index is 1.92. The Kier molecular flexibility index (Phi) is 6.17. The van der Waals surface area contributed by atoms with E-state index in [4.69, 9.17) is 9.26 Å². The molecule has 0 spiro atoms. The van der Waals surface area contributed by atoms with Gasteiger partial charge < -0.3 is 19.9 Å². The van der Waals surface area contributed by atoms with Crippen LogP contribution in [0.5, 0.6) is 5.88 Å². The number of hydrogen-bond acceptors (Lipinski definition) is 5. The zero-order chi connectivity index (χ0) is 17.5. The van der Waals surface area contributed by atoms with Gasteiger partial charge in [-0.1, -0.05) is 25.1 Å². The molecule has 2 rings (SSSR count). The minimum absolute atomic E-state index is 0.261. The van der Waals surface area contributed by atoms with Crippen LogP contribution in [0.25, 0.3) is 0 Å². The molecule has 0 atom stereocenters. The molecule has 0 saturated carbocycles. The third-order valence-electron chi connectivity index (χ3n) is 3.74. The van der Waals surface area contributed by atoms with Crippen molar-refractivity contribution in [3.63, 3.8) is 0 Å². The molecule has 2 amide bonds. The van der Waals surface area contributed by atoms with Gasteiger partial charge in [0.15, 0.2) is 0 Å². The van der Waals surface area contributed by atoms with E-state index in [9.17, 15) is 4.79 Å². The van der Waals surface area contributed by atoms with E-state index in [1.54, 1.807) is 7.11 Å². The molecule has 0 aliphatic rings. The van der Waals surface area contributed by atoms with Gasteiger partial charge in [0.05, 0.1) is 12.8 Å². The van der Waals surface area contributed by atoms with E-state index >= 15 is 0 Å². The molecule has 0 saturated heterocycles. The van der Waals surface area contributed by atoms with Crippen molar-refractivity contribution in [1.82, 2.24) is 20.8 Å². The number of nitrogens with one attached hydrogen (secondary N) is 2. The average molecular weight is 332 g/mol. The molecule has 0 unspecified atom stereocenters. The van der Waals surface area contributed by atoms with Crippen molar-refractivity contribution < 1.29 is 14.1 Å². The van der Waals surface area contributed by atoms with Crippen LogP contribution in [0.4, 0.5) is 4.79 Å². The summed E-state index contributed by atoms with van der Waals surface area (Å²) in [5.74, 6) is 1.34. The van der Waals surface area contributed by atoms with Crippen LogP contribution in [0.1, 0.15) is 42.1 Å². The predicted octanol–water partition coefficient (Wildman–Crippen LogP) is 2.51. The van der Waals surface area contributed by atoms with Gasteiger partial charge >= 0.3 is 6.03 Å². The van der Waals surface area contributed by atoms with E-state index < -0.39 is 0 Å². The normalized spacial score (nSPS) is 10.5. The Morgan fingerprint density at radius 2 is 1.96 bits per heavy atom. The number of ether oxygens (including phenoxy) is 1. The van der Waals surface area contributed by atoms with Crippen LogP contribution in [-0.4, -0.2) is 23.3 Å². The highest BCUT2D eigenvalue weighted by atomic mass is 16.5. The van der Waals surface area contributed by atoms with E-state index in [-0.39, 0.29) is 6.03 Å². The van der Waals surface area contributed by atoms with Gasteiger partial charge in [-0.15, -0.1) is 0 Å². The van der Waals surface area contributed by atoms with E-state index in [1.165, 1.54) is 0 Å². The molecular weight excluding hydrogens is 308 g/mol. The minimum Gasteiger partial charge on any atom is -0.481 e. The highest BCUT2D eigenvalue weighted by Crippen LogP contribution is 2.16. The first-order valence-electron chi connectivity index (χ1n) is 8.07. The number of hydrogen-bond donors (Lipinski definition) is 2. The first kappa shape index (κ1) is 17.8. The fourth-order valence-electron chi connectivity index (χ4n) is 2.42. The van der Waals surface area contributed by atoms with Gasteiger partial charge in [-0.2, -0.15) is 0 Å². The molecule has 7 nitrogen and oxygen atoms in total. The highest BCUT2D eigenvalue weighted by molar-refractivity contribution is 5.73. The molecule has 2 N–H and O–H groups in total. The van der Waals surface area contributed by atoms with Crippen molar-refractivity contribution >= 4 is 6.03 Å². The molecule has 2 heterocycles. The number of amides is 2. The summed E-state index contributed by atoms with van der Waals surface area (Å²) in [6.45, 7) is 6.64. The summed E-state index contributed by atoms with van der Waals surface area (Å²) in [4.78, 5) is 16.3. The largest absolute Gasteiger partial charge is 0.481 e. The van der Waals surface area contributed by atoms with Crippen molar-refractivity contribution in [2.24, 2.45) is 0 Å². The quantitative estimate of drug-likeness (QED) is 0.813. The van der Waals surface area contributed by atoms with Crippen molar-refractivity contribution in [3.05, 3.63) is 40.4 Å². The Labute approximate surface area is 141 Å². The summed E-state index contributed by atoms with van der Waals surface area (Å²) in [7, 11) is 1.57. The van der Waals surface area contributed by atoms with Crippen molar-refractivity contribution in [3.8, 4) is 5.88 Å². The molecule has 0 aliphatic carbocycles. The SMILES string of the molecule is CCc1noc(CC)c1CNC(=O)NCc1ccc(C)nc1OC. The zero-order valence-corrected chi connectivity index (χ0v) is 14.6. The predicted molar refractivity (Wildman–Crippen MR) is 89.9 cm³/mol. The number of methoxy groups -OCH3 is 1. The number of carbonyl (C=O) groups is 1. The van der Waals surface area contributed by atoms with Crippen LogP contribution in [0, 0.1) is 6.92 Å². The minimum atomic E-state index is -0.261. The smallest absolute Gasteiger partial charge is 0.315 e. The molecular formula is C17H24N4O3. The molecule has 0 aromatic carbocycles. The van der Waals surface area contributed by atoms with Gasteiger partial charge in [0.1, 0.15) is 5.76 Å². The van der Waals surface area contributed by atoms with E-state index in [1.807, 2.05) is 32.9 Å². The highest BCUT2D eigenvalue weighted by Gasteiger charge is 2.14. The second-order valence-electron chi connectivity index (χ2n) is 5.40. The molecule has 2 aromatic heterocycles. The Bertz CT molecular complexity index is 676. The van der Waals surface area contributed by atoms with Gasteiger partial charge in [-0.25, -0.2) is 9.78 Å². The van der Waals surface area contributed by atoms with Crippen molar-refractivity contribution in [2.75, 3.05) is 7.11 Å². The summed E-state index contributed by atoms with van der Waals surface area (Å²) in [6, 6.07) is 3.52. The van der Waals surface area contributed by atoms with Gasteiger partial charge in [0.25, 0.3) is 0 Å². The summed E-state index contributed by atoms with van der Waals surface area (Å²) in [6.07, 6.45) is 1.52. The molecule has 24 heavy (non-hydrogen) atoms. The summed E-state index contributed by atoms with van der Waals surface area (Å²) in [5.41, 5.74) is 3.54. The lowest BCUT2D eigenvalue weighted by atomic mass is 10.1. The van der Waals surface area contributed by atoms with Crippen LogP contribution in [0.2, 0.25) is 0 Å². The van der Waals surface area contributed by atoms with Gasteiger partial charge in [0.2, 0.25) is 5.88 Å². The third kappa shape index (κ3) is 4.24. The lowest BCUT2D eigenvalue weighted by molar-refractivity contribution is 0.240. The van der Waals surface area contributed by atoms with Crippen LogP contribution >= 0.6 is 0 Å². The van der Waals surface area contributed by atoms with E-state index in [0.717, 1.165) is 41.1 Å². The second-order valence-corrected chi connectivity index (χ2v) is 5.40. The van der Waals surface area contributed by atoms with Crippen molar-refractivity contribution in [2.45, 2.75) is 46.7 Å². The monoisotopic (exact) mass is 332 g/mol. The van der Waals surface area contributed by atoms with Gasteiger partial charge in [0, 0.05) is 36.3 Å². The number of aryl methyl sites for hydroxylation is 3. The van der Waals surface area contributed by atoms with E-state index in [2.05, 4.69) is 20.8 Å². The van der Waals surface area contributed by atoms with E-state index in [0.29, 0.717) is 19.0 Å². The average Bonchev–Trinajstić information content (AvgIpc) is 3.00. The summed E-state index contributed by atoms with van der Waals surface area (Å²) >= 11 is 0. The summed E-state index contributed by atoms with van der Waals surface area (Å²) in [5, 5.41) is 9.69. The number of carbonyl (C=O) groups excluding carboxylic acids is 1. The standard InChI is InChI=1S/C17H24N4O3/c1-5-14-13(15(6-2)24-21-14)10-19-17(22)18-9-12-8-7-11(3)20-16(12)23-4/h7-8H,5-6,9-10H2,1-4H3,(H2,18,19,22). The molecule has 0 fully saturated rings. The Hall–Kier alpha value is -2.57. The Morgan fingerprint density at radius 1 is 1.21 bits per heavy atom. The topological polar surface area (TPSA) is 89.3 Å². The zero-order valence-electron chi connectivity index (χ0n) is 14.6. The number of aromatic nitrogens is 2. The molecule has 130 valence electrons. The number of pyridine rings is 1. The lowest BCUT2D eigenvalue weighted by Crippen LogP contribution is -2.35. The van der Waals surface area contributed by atoms with Crippen LogP contribution in [0.3, 0.4) is 0 Å². The van der Waals surface area contributed by atoms with Crippen LogP contribution in [0.15, 0.2) is 16.7 Å². The van der Waals surface area contributed by atoms with Crippen LogP contribution in [-0.2, 0) is 25.9 Å². The maximum absolute atomic E-state index is 12.0. The fraction of sp³-hybridized carbons (Fsp3) is 0.471. The molecule has 0 aliphatic heterocycles. The second kappa shape index (κ2) is 8.33. The number of urea groups is 1. The summed E-state index contributed by atoms with van der Waals surface area (Å²) < 4.78 is 10.5. The molecule has 2 aromatic rings. The molecule has 0 radical (unpaired) electrons. The lowest BCUT2D eigenvalue weighted by Gasteiger charge is -2.11. The first-order chi connectivity index (χ1) is 11.6. The maximum atomic E-state index is 12.0. The van der Waals surface area contributed by atoms with Gasteiger partial charge in [-0.3, -0.25) is 0 Å². The maximum Gasteiger partial charge on any atom is 0.315 e. The fourth-order valence-corrected chi connectivity index (χ4v) is 2.42. The number of rotatable bonds is 7. The van der Waals surface area contributed by atoms with Crippen LogP contribution < -0.4 is 15.4 Å². The number of nitrogens with zero attached hydrogens (tertiary/aromatic N) is 2. The first-order valence-corrected chi connectivity index (χ1v) is 8.07. The molecule has 0 bridgehead atoms. The van der Waals surface area contributed by atoms with Gasteiger partial charge in [-0.05, 0) is 19.4 Å². The Morgan fingerprint density at radius 3 is 2.62 bits per heavy atom. The molecule has 7 heteroatoms.